The normalized spacial score (nSPS) is 10.4. The van der Waals surface area contributed by atoms with Crippen molar-refractivity contribution in [1.29, 1.82) is 0 Å². The Kier molecular flexibility index (Phi) is 4.20. The molecule has 1 aromatic heterocycles. The van der Waals surface area contributed by atoms with Crippen LogP contribution in [0, 0.1) is 0 Å². The van der Waals surface area contributed by atoms with Gasteiger partial charge in [-0.1, -0.05) is 0 Å². The molecule has 5 nitrogen and oxygen atoms in total. The average Bonchev–Trinajstić information content (AvgIpc) is 2.17. The number of pyridine rings is 1. The lowest BCUT2D eigenvalue weighted by atomic mass is 10.3. The highest BCUT2D eigenvalue weighted by Crippen LogP contribution is 2.10. The first-order chi connectivity index (χ1) is 7.13. The van der Waals surface area contributed by atoms with Crippen molar-refractivity contribution < 1.29 is 4.79 Å². The number of nitrogens with zero attached hydrogens (tertiary/aromatic N) is 2. The van der Waals surface area contributed by atoms with Crippen LogP contribution in [-0.2, 0) is 11.3 Å². The Morgan fingerprint density at radius 1 is 1.60 bits per heavy atom. The SMILES string of the molecule is CN(C)CC(=O)Nc1cccnc1CN. The van der Waals surface area contributed by atoms with Crippen LogP contribution >= 0.6 is 0 Å². The van der Waals surface area contributed by atoms with Crippen molar-refractivity contribution in [1.82, 2.24) is 9.88 Å². The number of nitrogens with one attached hydrogen (secondary N) is 1. The highest BCUT2D eigenvalue weighted by atomic mass is 16.2. The number of nitrogens with two attached hydrogens (primary N) is 1. The zero-order chi connectivity index (χ0) is 11.3. The zero-order valence-electron chi connectivity index (χ0n) is 9.03. The van der Waals surface area contributed by atoms with Gasteiger partial charge >= 0.3 is 0 Å². The van der Waals surface area contributed by atoms with Gasteiger partial charge < -0.3 is 16.0 Å². The molecule has 0 unspecified atom stereocenters. The molecule has 5 heteroatoms. The molecule has 0 spiro atoms. The smallest absolute Gasteiger partial charge is 0.238 e. The van der Waals surface area contributed by atoms with Gasteiger partial charge in [0.15, 0.2) is 0 Å². The molecule has 1 rings (SSSR count). The molecule has 0 aliphatic rings. The van der Waals surface area contributed by atoms with Crippen LogP contribution in [0.2, 0.25) is 0 Å². The maximum absolute atomic E-state index is 11.5. The van der Waals surface area contributed by atoms with Crippen LogP contribution in [0.5, 0.6) is 0 Å². The Bertz CT molecular complexity index is 338. The number of hydrogen-bond donors (Lipinski definition) is 2. The second kappa shape index (κ2) is 5.43. The number of carbonyl (C=O) groups excluding carboxylic acids is 1. The summed E-state index contributed by atoms with van der Waals surface area (Å²) in [5.41, 5.74) is 6.89. The van der Waals surface area contributed by atoms with E-state index < -0.39 is 0 Å². The van der Waals surface area contributed by atoms with Crippen molar-refractivity contribution in [2.45, 2.75) is 6.54 Å². The first-order valence-electron chi connectivity index (χ1n) is 4.72. The first kappa shape index (κ1) is 11.6. The highest BCUT2D eigenvalue weighted by Gasteiger charge is 2.06. The summed E-state index contributed by atoms with van der Waals surface area (Å²) in [7, 11) is 3.68. The summed E-state index contributed by atoms with van der Waals surface area (Å²) >= 11 is 0. The molecule has 15 heavy (non-hydrogen) atoms. The second-order valence-corrected chi connectivity index (χ2v) is 3.49. The Morgan fingerprint density at radius 3 is 2.93 bits per heavy atom. The molecule has 0 radical (unpaired) electrons. The zero-order valence-corrected chi connectivity index (χ0v) is 9.03. The van der Waals surface area contributed by atoms with Crippen molar-refractivity contribution in [2.24, 2.45) is 5.73 Å². The van der Waals surface area contributed by atoms with Gasteiger partial charge in [0.2, 0.25) is 5.91 Å². The molecule has 0 saturated carbocycles. The molecule has 1 heterocycles. The molecule has 0 saturated heterocycles. The van der Waals surface area contributed by atoms with Crippen molar-refractivity contribution >= 4 is 11.6 Å². The van der Waals surface area contributed by atoms with Crippen LogP contribution in [0.3, 0.4) is 0 Å². The maximum Gasteiger partial charge on any atom is 0.238 e. The van der Waals surface area contributed by atoms with Crippen molar-refractivity contribution in [3.63, 3.8) is 0 Å². The molecule has 0 bridgehead atoms. The molecule has 0 atom stereocenters. The van der Waals surface area contributed by atoms with Gasteiger partial charge in [0.25, 0.3) is 0 Å². The van der Waals surface area contributed by atoms with Crippen molar-refractivity contribution in [2.75, 3.05) is 26.0 Å². The summed E-state index contributed by atoms with van der Waals surface area (Å²) < 4.78 is 0. The van der Waals surface area contributed by atoms with Gasteiger partial charge in [-0.25, -0.2) is 0 Å². The maximum atomic E-state index is 11.5. The third kappa shape index (κ3) is 3.65. The fourth-order valence-electron chi connectivity index (χ4n) is 1.19. The molecule has 82 valence electrons. The lowest BCUT2D eigenvalue weighted by molar-refractivity contribution is -0.116. The van der Waals surface area contributed by atoms with E-state index >= 15 is 0 Å². The molecule has 3 N–H and O–H groups in total. The molecule has 0 aliphatic carbocycles. The summed E-state index contributed by atoms with van der Waals surface area (Å²) in [6, 6.07) is 3.56. The van der Waals surface area contributed by atoms with Crippen LogP contribution in [-0.4, -0.2) is 36.4 Å². The van der Waals surface area contributed by atoms with Crippen LogP contribution in [0.4, 0.5) is 5.69 Å². The third-order valence-electron chi connectivity index (χ3n) is 1.82. The minimum absolute atomic E-state index is 0.0669. The molecule has 0 fully saturated rings. The van der Waals surface area contributed by atoms with Gasteiger partial charge in [0.05, 0.1) is 17.9 Å². The molecular formula is C10H16N4O. The number of amides is 1. The summed E-state index contributed by atoms with van der Waals surface area (Å²) in [5.74, 6) is -0.0669. The molecule has 0 aromatic carbocycles. The lowest BCUT2D eigenvalue weighted by Gasteiger charge is -2.11. The predicted octanol–water partition coefficient (Wildman–Crippen LogP) is 0.0404. The number of aromatic nitrogens is 1. The van der Waals surface area contributed by atoms with Gasteiger partial charge in [-0.3, -0.25) is 9.78 Å². The van der Waals surface area contributed by atoms with E-state index in [-0.39, 0.29) is 5.91 Å². The number of rotatable bonds is 4. The Balaban J connectivity index is 2.67. The predicted molar refractivity (Wildman–Crippen MR) is 59.3 cm³/mol. The summed E-state index contributed by atoms with van der Waals surface area (Å²) in [4.78, 5) is 17.3. The molecule has 0 aliphatic heterocycles. The highest BCUT2D eigenvalue weighted by molar-refractivity contribution is 5.92. The van der Waals surface area contributed by atoms with Crippen LogP contribution in [0.15, 0.2) is 18.3 Å². The van der Waals surface area contributed by atoms with E-state index in [1.165, 1.54) is 0 Å². The fraction of sp³-hybridized carbons (Fsp3) is 0.400. The molecular weight excluding hydrogens is 192 g/mol. The summed E-state index contributed by atoms with van der Waals surface area (Å²) in [6.07, 6.45) is 1.66. The van der Waals surface area contributed by atoms with Crippen LogP contribution in [0.25, 0.3) is 0 Å². The van der Waals surface area contributed by atoms with Gasteiger partial charge in [0.1, 0.15) is 0 Å². The number of hydrogen-bond acceptors (Lipinski definition) is 4. The monoisotopic (exact) mass is 208 g/mol. The van der Waals surface area contributed by atoms with Gasteiger partial charge in [-0.2, -0.15) is 0 Å². The minimum atomic E-state index is -0.0669. The average molecular weight is 208 g/mol. The lowest BCUT2D eigenvalue weighted by Crippen LogP contribution is -2.27. The summed E-state index contributed by atoms with van der Waals surface area (Å²) in [5, 5.41) is 2.77. The van der Waals surface area contributed by atoms with E-state index in [4.69, 9.17) is 5.73 Å². The van der Waals surface area contributed by atoms with Gasteiger partial charge in [-0.15, -0.1) is 0 Å². The quantitative estimate of drug-likeness (QED) is 0.733. The van der Waals surface area contributed by atoms with E-state index in [0.717, 1.165) is 0 Å². The first-order valence-corrected chi connectivity index (χ1v) is 4.72. The van der Waals surface area contributed by atoms with Gasteiger partial charge in [-0.05, 0) is 26.2 Å². The number of likely N-dealkylation sites (N-methyl/N-ethyl adjacent to an activating group) is 1. The molecule has 1 amide bonds. The van der Waals surface area contributed by atoms with Crippen molar-refractivity contribution in [3.8, 4) is 0 Å². The second-order valence-electron chi connectivity index (χ2n) is 3.49. The van der Waals surface area contributed by atoms with Gasteiger partial charge in [0, 0.05) is 12.7 Å². The number of carbonyl (C=O) groups is 1. The van der Waals surface area contributed by atoms with E-state index in [1.807, 2.05) is 14.1 Å². The Hall–Kier alpha value is -1.46. The largest absolute Gasteiger partial charge is 0.325 e. The van der Waals surface area contributed by atoms with Crippen molar-refractivity contribution in [3.05, 3.63) is 24.0 Å². The Morgan fingerprint density at radius 2 is 2.33 bits per heavy atom. The Labute approximate surface area is 89.3 Å². The van der Waals surface area contributed by atoms with E-state index in [2.05, 4.69) is 10.3 Å². The van der Waals surface area contributed by atoms with E-state index in [1.54, 1.807) is 23.2 Å². The fourth-order valence-corrected chi connectivity index (χ4v) is 1.19. The van der Waals surface area contributed by atoms with E-state index in [9.17, 15) is 4.79 Å². The topological polar surface area (TPSA) is 71.2 Å². The summed E-state index contributed by atoms with van der Waals surface area (Å²) in [6.45, 7) is 0.664. The van der Waals surface area contributed by atoms with Crippen LogP contribution < -0.4 is 11.1 Å². The number of anilines is 1. The third-order valence-corrected chi connectivity index (χ3v) is 1.82. The minimum Gasteiger partial charge on any atom is -0.325 e. The molecule has 1 aromatic rings. The standard InChI is InChI=1S/C10H16N4O/c1-14(2)7-10(15)13-8-4-3-5-12-9(8)6-11/h3-5H,6-7,11H2,1-2H3,(H,13,15). The van der Waals surface area contributed by atoms with E-state index in [0.29, 0.717) is 24.5 Å². The van der Waals surface area contributed by atoms with Crippen LogP contribution in [0.1, 0.15) is 5.69 Å².